The highest BCUT2D eigenvalue weighted by molar-refractivity contribution is 6.30. The molecule has 0 aliphatic carbocycles. The average molecular weight is 399 g/mol. The van der Waals surface area contributed by atoms with Crippen LogP contribution in [0, 0.1) is 12.8 Å². The molecule has 1 amide bonds. The Morgan fingerprint density at radius 1 is 1.25 bits per heavy atom. The largest absolute Gasteiger partial charge is 0.390 e. The van der Waals surface area contributed by atoms with Crippen LogP contribution in [0.4, 0.5) is 0 Å². The van der Waals surface area contributed by atoms with Gasteiger partial charge < -0.3 is 9.74 Å². The Bertz CT molecular complexity index is 863. The molecule has 2 aromatic carbocycles. The maximum absolute atomic E-state index is 12.8. The molecule has 0 unspecified atom stereocenters. The van der Waals surface area contributed by atoms with Crippen molar-refractivity contribution >= 4 is 23.2 Å². The van der Waals surface area contributed by atoms with Gasteiger partial charge in [-0.15, -0.1) is 0 Å². The lowest BCUT2D eigenvalue weighted by atomic mass is 10.00. The van der Waals surface area contributed by atoms with Gasteiger partial charge >= 0.3 is 0 Å². The van der Waals surface area contributed by atoms with E-state index in [1.807, 2.05) is 41.3 Å². The van der Waals surface area contributed by atoms with Crippen molar-refractivity contribution in [2.24, 2.45) is 11.1 Å². The summed E-state index contributed by atoms with van der Waals surface area (Å²) in [5, 5.41) is 4.98. The standard InChI is InChI=1S/C23H27ClN2O2/c1-16(2)11-23(27)26(14-18-8-6-9-19(24)12-18)15-20-13-22(25-28-20)21-10-5-4-7-17(21)3/h4-10,12,16,20H,11,13-15H2,1-3H3/t20-/m1/s1. The average Bonchev–Trinajstić information content (AvgIpc) is 3.09. The predicted molar refractivity (Wildman–Crippen MR) is 114 cm³/mol. The second-order valence-electron chi connectivity index (χ2n) is 7.79. The molecule has 3 rings (SSSR count). The van der Waals surface area contributed by atoms with Crippen LogP contribution in [-0.4, -0.2) is 29.2 Å². The van der Waals surface area contributed by atoms with Crippen molar-refractivity contribution in [3.63, 3.8) is 0 Å². The quantitative estimate of drug-likeness (QED) is 0.641. The van der Waals surface area contributed by atoms with Crippen molar-refractivity contribution in [3.8, 4) is 0 Å². The van der Waals surface area contributed by atoms with E-state index in [1.54, 1.807) is 0 Å². The number of hydrogen-bond donors (Lipinski definition) is 0. The zero-order valence-electron chi connectivity index (χ0n) is 16.7. The van der Waals surface area contributed by atoms with Crippen LogP contribution in [0.15, 0.2) is 53.7 Å². The summed E-state index contributed by atoms with van der Waals surface area (Å²) in [5.74, 6) is 0.431. The summed E-state index contributed by atoms with van der Waals surface area (Å²) < 4.78 is 0. The SMILES string of the molecule is Cc1ccccc1C1=NO[C@@H](CN(Cc2cccc(Cl)c2)C(=O)CC(C)C)C1. The number of benzene rings is 2. The molecule has 0 saturated heterocycles. The number of nitrogens with zero attached hydrogens (tertiary/aromatic N) is 2. The molecule has 5 heteroatoms. The van der Waals surface area contributed by atoms with Crippen molar-refractivity contribution in [3.05, 3.63) is 70.2 Å². The summed E-state index contributed by atoms with van der Waals surface area (Å²) >= 11 is 6.12. The molecule has 0 saturated carbocycles. The van der Waals surface area contributed by atoms with Gasteiger partial charge in [-0.2, -0.15) is 0 Å². The fraction of sp³-hybridized carbons (Fsp3) is 0.391. The Morgan fingerprint density at radius 2 is 2.04 bits per heavy atom. The molecule has 28 heavy (non-hydrogen) atoms. The lowest BCUT2D eigenvalue weighted by molar-refractivity contribution is -0.134. The highest BCUT2D eigenvalue weighted by atomic mass is 35.5. The number of rotatable bonds is 7. The van der Waals surface area contributed by atoms with Crippen LogP contribution >= 0.6 is 11.6 Å². The topological polar surface area (TPSA) is 41.9 Å². The fourth-order valence-electron chi connectivity index (χ4n) is 3.42. The van der Waals surface area contributed by atoms with Crippen LogP contribution in [0.3, 0.4) is 0 Å². The van der Waals surface area contributed by atoms with Crippen LogP contribution in [0.5, 0.6) is 0 Å². The van der Waals surface area contributed by atoms with Crippen molar-refractivity contribution in [1.82, 2.24) is 4.90 Å². The van der Waals surface area contributed by atoms with Crippen molar-refractivity contribution in [1.29, 1.82) is 0 Å². The number of oxime groups is 1. The maximum atomic E-state index is 12.8. The highest BCUT2D eigenvalue weighted by Gasteiger charge is 2.27. The first-order valence-electron chi connectivity index (χ1n) is 9.73. The summed E-state index contributed by atoms with van der Waals surface area (Å²) in [7, 11) is 0. The van der Waals surface area contributed by atoms with Crippen molar-refractivity contribution in [2.45, 2.75) is 46.3 Å². The third-order valence-corrected chi connectivity index (χ3v) is 5.05. The lowest BCUT2D eigenvalue weighted by Gasteiger charge is -2.26. The number of halogens is 1. The zero-order valence-corrected chi connectivity index (χ0v) is 17.4. The number of hydrogen-bond acceptors (Lipinski definition) is 3. The number of carbonyl (C=O) groups is 1. The Balaban J connectivity index is 1.69. The molecule has 0 fully saturated rings. The van der Waals surface area contributed by atoms with E-state index in [0.717, 1.165) is 16.8 Å². The van der Waals surface area contributed by atoms with E-state index in [1.165, 1.54) is 5.56 Å². The minimum atomic E-state index is -0.134. The van der Waals surface area contributed by atoms with Gasteiger partial charge in [0.1, 0.15) is 0 Å². The number of carbonyl (C=O) groups excluding carboxylic acids is 1. The highest BCUT2D eigenvalue weighted by Crippen LogP contribution is 2.22. The van der Waals surface area contributed by atoms with Crippen molar-refractivity contribution < 1.29 is 9.63 Å². The zero-order chi connectivity index (χ0) is 20.1. The third-order valence-electron chi connectivity index (χ3n) is 4.81. The Morgan fingerprint density at radius 3 is 2.75 bits per heavy atom. The molecule has 0 spiro atoms. The van der Waals surface area contributed by atoms with Crippen LogP contribution in [0.1, 0.15) is 43.4 Å². The van der Waals surface area contributed by atoms with E-state index in [4.69, 9.17) is 16.4 Å². The monoisotopic (exact) mass is 398 g/mol. The van der Waals surface area contributed by atoms with E-state index >= 15 is 0 Å². The van der Waals surface area contributed by atoms with E-state index in [0.29, 0.717) is 36.9 Å². The summed E-state index contributed by atoms with van der Waals surface area (Å²) in [4.78, 5) is 20.4. The summed E-state index contributed by atoms with van der Waals surface area (Å²) in [6.45, 7) is 7.22. The molecule has 1 atom stereocenters. The number of aryl methyl sites for hydroxylation is 1. The van der Waals surface area contributed by atoms with E-state index in [-0.39, 0.29) is 12.0 Å². The van der Waals surface area contributed by atoms with Gasteiger partial charge in [0, 0.05) is 30.0 Å². The molecule has 1 aliphatic heterocycles. The van der Waals surface area contributed by atoms with Gasteiger partial charge in [0.05, 0.1) is 12.3 Å². The second kappa shape index (κ2) is 9.24. The first kappa shape index (κ1) is 20.4. The molecule has 0 radical (unpaired) electrons. The smallest absolute Gasteiger partial charge is 0.223 e. The van der Waals surface area contributed by atoms with Crippen LogP contribution < -0.4 is 0 Å². The van der Waals surface area contributed by atoms with Crippen molar-refractivity contribution in [2.75, 3.05) is 6.54 Å². The first-order valence-corrected chi connectivity index (χ1v) is 10.1. The van der Waals surface area contributed by atoms with Gasteiger partial charge in [0.15, 0.2) is 6.10 Å². The van der Waals surface area contributed by atoms with Gasteiger partial charge in [0.25, 0.3) is 0 Å². The molecule has 148 valence electrons. The van der Waals surface area contributed by atoms with Gasteiger partial charge in [-0.25, -0.2) is 0 Å². The number of amides is 1. The lowest BCUT2D eigenvalue weighted by Crippen LogP contribution is -2.37. The summed E-state index contributed by atoms with van der Waals surface area (Å²) in [6.07, 6.45) is 1.08. The van der Waals surface area contributed by atoms with Crippen LogP contribution in [-0.2, 0) is 16.2 Å². The van der Waals surface area contributed by atoms with Gasteiger partial charge in [-0.1, -0.05) is 67.0 Å². The third kappa shape index (κ3) is 5.35. The molecule has 0 N–H and O–H groups in total. The maximum Gasteiger partial charge on any atom is 0.223 e. The molecular weight excluding hydrogens is 372 g/mol. The van der Waals surface area contributed by atoms with Gasteiger partial charge in [0.2, 0.25) is 5.91 Å². The Hall–Kier alpha value is -2.33. The van der Waals surface area contributed by atoms with Gasteiger partial charge in [-0.05, 0) is 36.1 Å². The normalized spacial score (nSPS) is 16.0. The minimum Gasteiger partial charge on any atom is -0.390 e. The Labute approximate surface area is 172 Å². The second-order valence-corrected chi connectivity index (χ2v) is 8.22. The molecule has 0 aromatic heterocycles. The van der Waals surface area contributed by atoms with Crippen LogP contribution in [0.2, 0.25) is 5.02 Å². The molecule has 1 heterocycles. The van der Waals surface area contributed by atoms with Gasteiger partial charge in [-0.3, -0.25) is 4.79 Å². The molecule has 2 aromatic rings. The van der Waals surface area contributed by atoms with Crippen LogP contribution in [0.25, 0.3) is 0 Å². The molecule has 0 bridgehead atoms. The minimum absolute atomic E-state index is 0.128. The van der Waals surface area contributed by atoms with E-state index in [9.17, 15) is 4.79 Å². The fourth-order valence-corrected chi connectivity index (χ4v) is 3.63. The Kier molecular flexibility index (Phi) is 6.74. The summed E-state index contributed by atoms with van der Waals surface area (Å²) in [5.41, 5.74) is 4.25. The van der Waals surface area contributed by atoms with E-state index < -0.39 is 0 Å². The molecular formula is C23H27ClN2O2. The first-order chi connectivity index (χ1) is 13.4. The summed E-state index contributed by atoms with van der Waals surface area (Å²) in [6, 6.07) is 15.8. The molecule has 1 aliphatic rings. The predicted octanol–water partition coefficient (Wildman–Crippen LogP) is 5.22. The molecule has 4 nitrogen and oxygen atoms in total. The van der Waals surface area contributed by atoms with E-state index in [2.05, 4.69) is 38.1 Å².